The fourth-order valence-corrected chi connectivity index (χ4v) is 1.61. The Morgan fingerprint density at radius 3 is 2.71 bits per heavy atom. The summed E-state index contributed by atoms with van der Waals surface area (Å²) in [5, 5.41) is 8.82. The first kappa shape index (κ1) is 11.1. The molecule has 0 aromatic heterocycles. The Labute approximate surface area is 93.3 Å². The van der Waals surface area contributed by atoms with Crippen LogP contribution in [0.4, 0.5) is 5.69 Å². The Morgan fingerprint density at radius 2 is 2.14 bits per heavy atom. The molecule has 0 bridgehead atoms. The quantitative estimate of drug-likeness (QED) is 0.809. The van der Waals surface area contributed by atoms with Crippen molar-refractivity contribution >= 4 is 21.6 Å². The molecule has 1 rings (SSSR count). The highest BCUT2D eigenvalue weighted by molar-refractivity contribution is 9.10. The van der Waals surface area contributed by atoms with Crippen molar-refractivity contribution in [1.82, 2.24) is 0 Å². The summed E-state index contributed by atoms with van der Waals surface area (Å²) >= 11 is 3.43. The highest BCUT2D eigenvalue weighted by atomic mass is 79.9. The van der Waals surface area contributed by atoms with Crippen LogP contribution in [0, 0.1) is 18.3 Å². The zero-order valence-electron chi connectivity index (χ0n) is 8.58. The number of rotatable bonds is 2. The zero-order chi connectivity index (χ0) is 10.7. The van der Waals surface area contributed by atoms with Gasteiger partial charge in [-0.05, 0) is 31.5 Å². The monoisotopic (exact) mass is 252 g/mol. The van der Waals surface area contributed by atoms with Crippen LogP contribution in [0.3, 0.4) is 0 Å². The van der Waals surface area contributed by atoms with Crippen molar-refractivity contribution in [3.63, 3.8) is 0 Å². The summed E-state index contributed by atoms with van der Waals surface area (Å²) in [4.78, 5) is 1.97. The third-order valence-electron chi connectivity index (χ3n) is 2.32. The molecule has 0 aliphatic rings. The number of benzene rings is 1. The predicted octanol–water partition coefficient (Wildman–Crippen LogP) is 3.11. The van der Waals surface area contributed by atoms with E-state index in [-0.39, 0.29) is 6.04 Å². The van der Waals surface area contributed by atoms with Crippen LogP contribution in [-0.2, 0) is 0 Å². The summed E-state index contributed by atoms with van der Waals surface area (Å²) in [6.07, 6.45) is 0. The molecule has 1 aromatic carbocycles. The Bertz CT molecular complexity index is 368. The summed E-state index contributed by atoms with van der Waals surface area (Å²) in [5.41, 5.74) is 2.27. The molecule has 0 saturated carbocycles. The molecule has 0 amide bonds. The molecule has 0 aliphatic carbocycles. The lowest BCUT2D eigenvalue weighted by Crippen LogP contribution is -2.27. The maximum absolute atomic E-state index is 8.82. The van der Waals surface area contributed by atoms with Crippen LogP contribution in [0.25, 0.3) is 0 Å². The molecule has 0 fully saturated rings. The van der Waals surface area contributed by atoms with E-state index in [1.807, 2.05) is 44.0 Å². The van der Waals surface area contributed by atoms with E-state index >= 15 is 0 Å². The van der Waals surface area contributed by atoms with Crippen LogP contribution >= 0.6 is 15.9 Å². The van der Waals surface area contributed by atoms with Crippen LogP contribution in [0.2, 0.25) is 0 Å². The molecule has 0 spiro atoms. The van der Waals surface area contributed by atoms with Gasteiger partial charge in [0.25, 0.3) is 0 Å². The summed E-state index contributed by atoms with van der Waals surface area (Å²) in [5.74, 6) is 0. The Hall–Kier alpha value is -1.01. The van der Waals surface area contributed by atoms with Gasteiger partial charge >= 0.3 is 0 Å². The second-order valence-electron chi connectivity index (χ2n) is 3.35. The molecule has 0 heterocycles. The predicted molar refractivity (Wildman–Crippen MR) is 62.4 cm³/mol. The van der Waals surface area contributed by atoms with E-state index in [4.69, 9.17) is 5.26 Å². The van der Waals surface area contributed by atoms with Crippen molar-refractivity contribution in [3.05, 3.63) is 28.2 Å². The van der Waals surface area contributed by atoms with Crippen molar-refractivity contribution in [2.45, 2.75) is 19.9 Å². The summed E-state index contributed by atoms with van der Waals surface area (Å²) < 4.78 is 1.04. The van der Waals surface area contributed by atoms with Gasteiger partial charge in [0.05, 0.1) is 6.07 Å². The van der Waals surface area contributed by atoms with Crippen LogP contribution in [-0.4, -0.2) is 13.1 Å². The number of nitrogens with zero attached hydrogens (tertiary/aromatic N) is 2. The second kappa shape index (κ2) is 4.47. The number of anilines is 1. The first-order valence-corrected chi connectivity index (χ1v) is 5.24. The minimum Gasteiger partial charge on any atom is -0.359 e. The van der Waals surface area contributed by atoms with E-state index in [1.54, 1.807) is 0 Å². The highest BCUT2D eigenvalue weighted by Gasteiger charge is 2.10. The van der Waals surface area contributed by atoms with E-state index in [1.165, 1.54) is 5.56 Å². The fourth-order valence-electron chi connectivity index (χ4n) is 1.26. The summed E-state index contributed by atoms with van der Waals surface area (Å²) in [6, 6.07) is 8.19. The Morgan fingerprint density at radius 1 is 1.50 bits per heavy atom. The van der Waals surface area contributed by atoms with Crippen molar-refractivity contribution in [3.8, 4) is 6.07 Å². The average Bonchev–Trinajstić information content (AvgIpc) is 2.19. The van der Waals surface area contributed by atoms with Gasteiger partial charge in [0.1, 0.15) is 6.04 Å². The molecule has 0 N–H and O–H groups in total. The van der Waals surface area contributed by atoms with Gasteiger partial charge < -0.3 is 4.90 Å². The average molecular weight is 253 g/mol. The normalized spacial score (nSPS) is 11.9. The second-order valence-corrected chi connectivity index (χ2v) is 4.26. The third kappa shape index (κ3) is 2.27. The molecule has 1 unspecified atom stereocenters. The van der Waals surface area contributed by atoms with Crippen molar-refractivity contribution in [1.29, 1.82) is 5.26 Å². The Kier molecular flexibility index (Phi) is 3.54. The van der Waals surface area contributed by atoms with Crippen molar-refractivity contribution in [2.75, 3.05) is 11.9 Å². The SMILES string of the molecule is Cc1ccc(Br)cc1N(C)C(C)C#N. The zero-order valence-corrected chi connectivity index (χ0v) is 10.2. The topological polar surface area (TPSA) is 27.0 Å². The van der Waals surface area contributed by atoms with Gasteiger partial charge in [-0.1, -0.05) is 22.0 Å². The van der Waals surface area contributed by atoms with Crippen molar-refractivity contribution < 1.29 is 0 Å². The number of hydrogen-bond acceptors (Lipinski definition) is 2. The molecular formula is C11H13BrN2. The van der Waals surface area contributed by atoms with E-state index in [0.29, 0.717) is 0 Å². The van der Waals surface area contributed by atoms with Crippen molar-refractivity contribution in [2.24, 2.45) is 0 Å². The molecule has 0 saturated heterocycles. The van der Waals surface area contributed by atoms with Crippen LogP contribution in [0.5, 0.6) is 0 Å². The first-order chi connectivity index (χ1) is 6.56. The lowest BCUT2D eigenvalue weighted by Gasteiger charge is -2.23. The Balaban J connectivity index is 3.07. The van der Waals surface area contributed by atoms with Gasteiger partial charge in [-0.2, -0.15) is 5.26 Å². The first-order valence-electron chi connectivity index (χ1n) is 4.45. The van der Waals surface area contributed by atoms with Crippen LogP contribution in [0.1, 0.15) is 12.5 Å². The minimum atomic E-state index is -0.108. The van der Waals surface area contributed by atoms with E-state index < -0.39 is 0 Å². The smallest absolute Gasteiger partial charge is 0.113 e. The molecule has 1 atom stereocenters. The summed E-state index contributed by atoms with van der Waals surface area (Å²) in [6.45, 7) is 3.93. The van der Waals surface area contributed by atoms with Crippen LogP contribution < -0.4 is 4.90 Å². The minimum absolute atomic E-state index is 0.108. The maximum atomic E-state index is 8.82. The maximum Gasteiger partial charge on any atom is 0.113 e. The molecule has 2 nitrogen and oxygen atoms in total. The van der Waals surface area contributed by atoms with Gasteiger partial charge in [0, 0.05) is 17.2 Å². The van der Waals surface area contributed by atoms with Gasteiger partial charge in [-0.15, -0.1) is 0 Å². The molecule has 3 heteroatoms. The van der Waals surface area contributed by atoms with E-state index in [9.17, 15) is 0 Å². The lowest BCUT2D eigenvalue weighted by molar-refractivity contribution is 0.831. The third-order valence-corrected chi connectivity index (χ3v) is 2.81. The fraction of sp³-hybridized carbons (Fsp3) is 0.364. The molecule has 14 heavy (non-hydrogen) atoms. The molecule has 0 radical (unpaired) electrons. The molecular weight excluding hydrogens is 240 g/mol. The standard InChI is InChI=1S/C11H13BrN2/c1-8-4-5-10(12)6-11(8)14(3)9(2)7-13/h4-6,9H,1-3H3. The number of nitriles is 1. The lowest BCUT2D eigenvalue weighted by atomic mass is 10.1. The van der Waals surface area contributed by atoms with E-state index in [0.717, 1.165) is 10.2 Å². The highest BCUT2D eigenvalue weighted by Crippen LogP contribution is 2.24. The van der Waals surface area contributed by atoms with Gasteiger partial charge in [-0.25, -0.2) is 0 Å². The largest absolute Gasteiger partial charge is 0.359 e. The number of halogens is 1. The molecule has 1 aromatic rings. The van der Waals surface area contributed by atoms with Gasteiger partial charge in [0.15, 0.2) is 0 Å². The number of aryl methyl sites for hydroxylation is 1. The van der Waals surface area contributed by atoms with Gasteiger partial charge in [0.2, 0.25) is 0 Å². The van der Waals surface area contributed by atoms with Gasteiger partial charge in [-0.3, -0.25) is 0 Å². The van der Waals surface area contributed by atoms with E-state index in [2.05, 4.69) is 22.0 Å². The number of hydrogen-bond donors (Lipinski definition) is 0. The molecule has 74 valence electrons. The van der Waals surface area contributed by atoms with Crippen LogP contribution in [0.15, 0.2) is 22.7 Å². The summed E-state index contributed by atoms with van der Waals surface area (Å²) in [7, 11) is 1.93. The molecule has 0 aliphatic heterocycles.